The molecule has 1 fully saturated rings. The Balaban J connectivity index is 2.08. The van der Waals surface area contributed by atoms with E-state index in [0.29, 0.717) is 24.9 Å². The van der Waals surface area contributed by atoms with Gasteiger partial charge >= 0.3 is 0 Å². The fraction of sp³-hybridized carbons (Fsp3) is 0.429. The summed E-state index contributed by atoms with van der Waals surface area (Å²) in [4.78, 5) is 25.0. The molecule has 0 aromatic heterocycles. The Morgan fingerprint density at radius 1 is 1.38 bits per heavy atom. The van der Waals surface area contributed by atoms with Crippen molar-refractivity contribution in [2.45, 2.75) is 19.3 Å². The van der Waals surface area contributed by atoms with E-state index in [2.05, 4.69) is 15.9 Å². The number of hydrogen-bond acceptors (Lipinski definition) is 2. The van der Waals surface area contributed by atoms with E-state index in [1.807, 2.05) is 0 Å². The van der Waals surface area contributed by atoms with Crippen molar-refractivity contribution >= 4 is 27.7 Å². The molecule has 2 rings (SSSR count). The summed E-state index contributed by atoms with van der Waals surface area (Å²) in [6.07, 6.45) is 1.33. The van der Waals surface area contributed by atoms with Crippen LogP contribution in [0.15, 0.2) is 16.6 Å². The monoisotopic (exact) mass is 360 g/mol. The van der Waals surface area contributed by atoms with Crippen molar-refractivity contribution in [3.63, 3.8) is 0 Å². The van der Waals surface area contributed by atoms with Crippen molar-refractivity contribution in [1.29, 1.82) is 0 Å². The minimum atomic E-state index is -1.01. The van der Waals surface area contributed by atoms with Gasteiger partial charge in [0.05, 0.1) is 16.8 Å². The molecule has 0 spiro atoms. The quantitative estimate of drug-likeness (QED) is 0.837. The molecule has 2 N–H and O–H groups in total. The lowest BCUT2D eigenvalue weighted by atomic mass is 9.97. The van der Waals surface area contributed by atoms with Crippen LogP contribution in [-0.2, 0) is 16.0 Å². The molecule has 7 heteroatoms. The Labute approximate surface area is 129 Å². The number of nitrogens with zero attached hydrogens (tertiary/aromatic N) is 1. The zero-order valence-electron chi connectivity index (χ0n) is 11.2. The topological polar surface area (TPSA) is 63.4 Å². The summed E-state index contributed by atoms with van der Waals surface area (Å²) in [7, 11) is 0. The molecule has 0 radical (unpaired) electrons. The number of halogens is 3. The maximum absolute atomic E-state index is 13.4. The maximum Gasteiger partial charge on any atom is 0.227 e. The molecule has 2 amide bonds. The molecule has 1 heterocycles. The fourth-order valence-corrected chi connectivity index (χ4v) is 2.87. The summed E-state index contributed by atoms with van der Waals surface area (Å²) in [5.41, 5.74) is 5.64. The first-order valence-corrected chi connectivity index (χ1v) is 7.39. The molecule has 1 aliphatic rings. The van der Waals surface area contributed by atoms with Crippen molar-refractivity contribution in [2.75, 3.05) is 13.1 Å². The summed E-state index contributed by atoms with van der Waals surface area (Å²) >= 11 is 2.96. The van der Waals surface area contributed by atoms with Gasteiger partial charge in [-0.1, -0.05) is 6.07 Å². The van der Waals surface area contributed by atoms with E-state index in [-0.39, 0.29) is 29.3 Å². The zero-order valence-corrected chi connectivity index (χ0v) is 12.8. The highest BCUT2D eigenvalue weighted by Crippen LogP contribution is 2.24. The van der Waals surface area contributed by atoms with Crippen molar-refractivity contribution in [3.8, 4) is 0 Å². The second-order valence-corrected chi connectivity index (χ2v) is 5.89. The number of carbonyl (C=O) groups is 2. The highest BCUT2D eigenvalue weighted by atomic mass is 79.9. The molecule has 1 aromatic rings. The number of piperidine rings is 1. The van der Waals surface area contributed by atoms with Gasteiger partial charge in [0.2, 0.25) is 11.8 Å². The molecule has 0 bridgehead atoms. The van der Waals surface area contributed by atoms with Crippen LogP contribution in [-0.4, -0.2) is 29.8 Å². The maximum atomic E-state index is 13.4. The smallest absolute Gasteiger partial charge is 0.227 e. The Hall–Kier alpha value is -1.50. The number of rotatable bonds is 3. The van der Waals surface area contributed by atoms with Gasteiger partial charge in [0.25, 0.3) is 0 Å². The highest BCUT2D eigenvalue weighted by molar-refractivity contribution is 9.10. The summed E-state index contributed by atoms with van der Waals surface area (Å²) in [5.74, 6) is -2.95. The van der Waals surface area contributed by atoms with Crippen LogP contribution in [0.5, 0.6) is 0 Å². The number of likely N-dealkylation sites (tertiary alicyclic amines) is 1. The van der Waals surface area contributed by atoms with Crippen molar-refractivity contribution in [3.05, 3.63) is 33.8 Å². The summed E-state index contributed by atoms with van der Waals surface area (Å²) in [6.45, 7) is 0.833. The minimum absolute atomic E-state index is 0.0423. The van der Waals surface area contributed by atoms with Gasteiger partial charge in [-0.15, -0.1) is 0 Å². The van der Waals surface area contributed by atoms with Gasteiger partial charge in [-0.25, -0.2) is 8.78 Å². The van der Waals surface area contributed by atoms with E-state index in [0.717, 1.165) is 6.07 Å². The molecule has 0 aliphatic carbocycles. The molecule has 1 aliphatic heterocycles. The average molecular weight is 361 g/mol. The van der Waals surface area contributed by atoms with Crippen LogP contribution in [0.1, 0.15) is 18.4 Å². The number of primary amides is 1. The van der Waals surface area contributed by atoms with Gasteiger partial charge < -0.3 is 10.6 Å². The van der Waals surface area contributed by atoms with Crippen LogP contribution >= 0.6 is 15.9 Å². The number of nitrogens with two attached hydrogens (primary N) is 1. The van der Waals surface area contributed by atoms with Crippen LogP contribution in [0.3, 0.4) is 0 Å². The Morgan fingerprint density at radius 2 is 2.10 bits per heavy atom. The fourth-order valence-electron chi connectivity index (χ4n) is 2.41. The largest absolute Gasteiger partial charge is 0.369 e. The van der Waals surface area contributed by atoms with Gasteiger partial charge in [-0.2, -0.15) is 0 Å². The molecule has 4 nitrogen and oxygen atoms in total. The normalized spacial score (nSPS) is 18.6. The van der Waals surface area contributed by atoms with Crippen LogP contribution in [0, 0.1) is 17.6 Å². The number of hydrogen-bond donors (Lipinski definition) is 1. The number of benzene rings is 1. The zero-order chi connectivity index (χ0) is 15.6. The van der Waals surface area contributed by atoms with Gasteiger partial charge in [0.1, 0.15) is 0 Å². The molecule has 21 heavy (non-hydrogen) atoms. The first-order valence-electron chi connectivity index (χ1n) is 6.59. The standard InChI is InChI=1S/C14H15BrF2N2O2/c15-12-8(3-4-10(16)13(12)17)6-11(20)19-5-1-2-9(7-19)14(18)21/h3-4,9H,1-2,5-7H2,(H2,18,21)/t9-/m0/s1. The lowest BCUT2D eigenvalue weighted by molar-refractivity contribution is -0.134. The first-order chi connectivity index (χ1) is 9.90. The molecule has 114 valence electrons. The number of carbonyl (C=O) groups excluding carboxylic acids is 2. The van der Waals surface area contributed by atoms with Crippen LogP contribution in [0.25, 0.3) is 0 Å². The molecular weight excluding hydrogens is 346 g/mol. The summed E-state index contributed by atoms with van der Waals surface area (Å²) in [5, 5.41) is 0. The second kappa shape index (κ2) is 6.51. The highest BCUT2D eigenvalue weighted by Gasteiger charge is 2.27. The van der Waals surface area contributed by atoms with Crippen LogP contribution in [0.4, 0.5) is 8.78 Å². The SMILES string of the molecule is NC(=O)[C@H]1CCCN(C(=O)Cc2ccc(F)c(F)c2Br)C1. The van der Waals surface area contributed by atoms with E-state index in [9.17, 15) is 18.4 Å². The Kier molecular flexibility index (Phi) is 4.92. The first kappa shape index (κ1) is 15.9. The third kappa shape index (κ3) is 3.58. The third-order valence-corrected chi connectivity index (χ3v) is 4.49. The third-order valence-electron chi connectivity index (χ3n) is 3.63. The molecule has 1 aromatic carbocycles. The van der Waals surface area contributed by atoms with Crippen molar-refractivity contribution in [2.24, 2.45) is 11.7 Å². The van der Waals surface area contributed by atoms with Gasteiger partial charge in [-0.3, -0.25) is 9.59 Å². The van der Waals surface area contributed by atoms with E-state index in [1.165, 1.54) is 6.07 Å². The average Bonchev–Trinajstić information content (AvgIpc) is 2.48. The van der Waals surface area contributed by atoms with Gasteiger partial charge in [0.15, 0.2) is 11.6 Å². The minimum Gasteiger partial charge on any atom is -0.369 e. The second-order valence-electron chi connectivity index (χ2n) is 5.09. The number of amides is 2. The molecule has 1 atom stereocenters. The van der Waals surface area contributed by atoms with Crippen LogP contribution in [0.2, 0.25) is 0 Å². The van der Waals surface area contributed by atoms with E-state index in [1.54, 1.807) is 4.90 Å². The van der Waals surface area contributed by atoms with E-state index in [4.69, 9.17) is 5.73 Å². The summed E-state index contributed by atoms with van der Waals surface area (Å²) < 4.78 is 26.4. The van der Waals surface area contributed by atoms with Gasteiger partial charge in [0, 0.05) is 13.1 Å². The molecule has 0 saturated carbocycles. The van der Waals surface area contributed by atoms with E-state index >= 15 is 0 Å². The Bertz CT molecular complexity index is 580. The molecule has 1 saturated heterocycles. The van der Waals surface area contributed by atoms with Gasteiger partial charge in [-0.05, 0) is 40.4 Å². The van der Waals surface area contributed by atoms with E-state index < -0.39 is 17.5 Å². The predicted octanol–water partition coefficient (Wildman–Crippen LogP) is 1.99. The lowest BCUT2D eigenvalue weighted by Gasteiger charge is -2.31. The van der Waals surface area contributed by atoms with Crippen LogP contribution < -0.4 is 5.73 Å². The lowest BCUT2D eigenvalue weighted by Crippen LogP contribution is -2.44. The van der Waals surface area contributed by atoms with Crippen molar-refractivity contribution < 1.29 is 18.4 Å². The predicted molar refractivity (Wildman–Crippen MR) is 76.3 cm³/mol. The molecule has 0 unspecified atom stereocenters. The Morgan fingerprint density at radius 3 is 2.76 bits per heavy atom. The molecular formula is C14H15BrF2N2O2. The van der Waals surface area contributed by atoms with Crippen molar-refractivity contribution in [1.82, 2.24) is 4.90 Å². The summed E-state index contributed by atoms with van der Waals surface area (Å²) in [6, 6.07) is 2.36.